The van der Waals surface area contributed by atoms with Crippen molar-refractivity contribution in [2.75, 3.05) is 6.54 Å². The van der Waals surface area contributed by atoms with Crippen molar-refractivity contribution < 1.29 is 19.8 Å². The first-order chi connectivity index (χ1) is 7.45. The quantitative estimate of drug-likeness (QED) is 0.472. The van der Waals surface area contributed by atoms with Crippen LogP contribution >= 0.6 is 0 Å². The number of unbranched alkanes of at least 4 members (excludes halogenated alkanes) is 1. The highest BCUT2D eigenvalue weighted by Gasteiger charge is 2.09. The third-order valence-electron chi connectivity index (χ3n) is 1.75. The summed E-state index contributed by atoms with van der Waals surface area (Å²) in [6.07, 6.45) is 3.19. The molecule has 0 radical (unpaired) electrons. The van der Waals surface area contributed by atoms with Crippen LogP contribution in [0.3, 0.4) is 0 Å². The molecule has 6 N–H and O–H groups in total. The first kappa shape index (κ1) is 17.3. The van der Waals surface area contributed by atoms with Gasteiger partial charge in [0.25, 0.3) is 0 Å². The number of carboxylic acids is 2. The maximum absolute atomic E-state index is 10.1. The lowest BCUT2D eigenvalue weighted by atomic mass is 10.1. The van der Waals surface area contributed by atoms with Crippen molar-refractivity contribution in [1.29, 1.82) is 0 Å². The highest BCUT2D eigenvalue weighted by molar-refractivity contribution is 5.72. The van der Waals surface area contributed by atoms with Crippen molar-refractivity contribution in [3.8, 4) is 0 Å². The van der Waals surface area contributed by atoms with Gasteiger partial charge in [0, 0.05) is 6.42 Å². The van der Waals surface area contributed by atoms with Crippen LogP contribution in [0.5, 0.6) is 0 Å². The van der Waals surface area contributed by atoms with Gasteiger partial charge >= 0.3 is 11.9 Å². The average molecular weight is 234 g/mol. The minimum atomic E-state index is -0.933. The largest absolute Gasteiger partial charge is 0.481 e. The molecule has 0 spiro atoms. The topological polar surface area (TPSA) is 127 Å². The van der Waals surface area contributed by atoms with E-state index in [4.69, 9.17) is 21.7 Å². The summed E-state index contributed by atoms with van der Waals surface area (Å²) in [5.74, 6) is -1.64. The molecule has 0 saturated heterocycles. The molecular weight excluding hydrogens is 212 g/mol. The maximum Gasteiger partial charge on any atom is 0.320 e. The maximum atomic E-state index is 10.1. The summed E-state index contributed by atoms with van der Waals surface area (Å²) in [5.41, 5.74) is 10.4. The van der Waals surface area contributed by atoms with Gasteiger partial charge < -0.3 is 21.7 Å². The Morgan fingerprint density at radius 1 is 1.25 bits per heavy atom. The Morgan fingerprint density at radius 2 is 1.81 bits per heavy atom. The Bertz CT molecular complexity index is 197. The number of hydrogen-bond donors (Lipinski definition) is 4. The number of hydrogen-bond acceptors (Lipinski definition) is 4. The van der Waals surface area contributed by atoms with Crippen LogP contribution < -0.4 is 11.5 Å². The second kappa shape index (κ2) is 11.9. The highest BCUT2D eigenvalue weighted by Crippen LogP contribution is 1.96. The molecule has 0 aromatic heterocycles. The summed E-state index contributed by atoms with van der Waals surface area (Å²) < 4.78 is 0. The van der Waals surface area contributed by atoms with E-state index in [9.17, 15) is 9.59 Å². The molecule has 0 aromatic rings. The van der Waals surface area contributed by atoms with Gasteiger partial charge in [0.05, 0.1) is 0 Å². The fourth-order valence-corrected chi connectivity index (χ4v) is 0.846. The Kier molecular flexibility index (Phi) is 12.9. The standard InChI is InChI=1S/C6H14N2O2.C4H8O2/c7-4-2-1-3-5(8)6(9)10;1-2-3-4(5)6/h5H,1-4,7-8H2,(H,9,10);2-3H2,1H3,(H,5,6). The molecule has 0 heterocycles. The molecule has 0 aliphatic rings. The van der Waals surface area contributed by atoms with Crippen LogP contribution in [0.15, 0.2) is 0 Å². The summed E-state index contributed by atoms with van der Waals surface area (Å²) in [6.45, 7) is 2.44. The Labute approximate surface area is 95.6 Å². The second-order valence-electron chi connectivity index (χ2n) is 3.37. The first-order valence-electron chi connectivity index (χ1n) is 5.35. The van der Waals surface area contributed by atoms with Crippen LogP contribution in [0.1, 0.15) is 39.0 Å². The molecule has 0 amide bonds. The van der Waals surface area contributed by atoms with E-state index in [1.54, 1.807) is 0 Å². The Hall–Kier alpha value is -1.14. The highest BCUT2D eigenvalue weighted by atomic mass is 16.4. The lowest BCUT2D eigenvalue weighted by molar-refractivity contribution is -0.139. The molecule has 0 saturated carbocycles. The van der Waals surface area contributed by atoms with Crippen LogP contribution in [0.2, 0.25) is 0 Å². The fraction of sp³-hybridized carbons (Fsp3) is 0.800. The van der Waals surface area contributed by atoms with E-state index < -0.39 is 18.0 Å². The van der Waals surface area contributed by atoms with E-state index in [1.807, 2.05) is 6.92 Å². The van der Waals surface area contributed by atoms with Crippen LogP contribution in [0.4, 0.5) is 0 Å². The molecule has 0 rings (SSSR count). The van der Waals surface area contributed by atoms with Gasteiger partial charge in [0.15, 0.2) is 0 Å². The Morgan fingerprint density at radius 3 is 2.06 bits per heavy atom. The molecule has 96 valence electrons. The van der Waals surface area contributed by atoms with Crippen molar-refractivity contribution >= 4 is 11.9 Å². The third kappa shape index (κ3) is 15.3. The zero-order valence-electron chi connectivity index (χ0n) is 9.69. The number of carboxylic acid groups (broad SMARTS) is 2. The van der Waals surface area contributed by atoms with Gasteiger partial charge in [-0.15, -0.1) is 0 Å². The summed E-state index contributed by atoms with van der Waals surface area (Å²) in [5, 5.41) is 16.2. The Balaban J connectivity index is 0. The van der Waals surface area contributed by atoms with Crippen molar-refractivity contribution in [2.24, 2.45) is 11.5 Å². The van der Waals surface area contributed by atoms with Crippen molar-refractivity contribution in [2.45, 2.75) is 45.1 Å². The molecule has 0 fully saturated rings. The lowest BCUT2D eigenvalue weighted by Gasteiger charge is -2.03. The van der Waals surface area contributed by atoms with Gasteiger partial charge in [-0.05, 0) is 25.8 Å². The lowest BCUT2D eigenvalue weighted by Crippen LogP contribution is -2.29. The predicted molar refractivity (Wildman–Crippen MR) is 61.1 cm³/mol. The zero-order valence-corrected chi connectivity index (χ0v) is 9.69. The number of carbonyl (C=O) groups is 2. The molecular formula is C10H22N2O4. The number of rotatable bonds is 7. The molecule has 1 unspecified atom stereocenters. The zero-order chi connectivity index (χ0) is 13.0. The van der Waals surface area contributed by atoms with Gasteiger partial charge in [-0.1, -0.05) is 13.3 Å². The normalized spacial score (nSPS) is 11.2. The molecule has 0 bridgehead atoms. The van der Waals surface area contributed by atoms with Gasteiger partial charge in [0.2, 0.25) is 0 Å². The summed E-state index contributed by atoms with van der Waals surface area (Å²) in [7, 11) is 0. The number of nitrogens with two attached hydrogens (primary N) is 2. The van der Waals surface area contributed by atoms with E-state index >= 15 is 0 Å². The summed E-state index contributed by atoms with van der Waals surface area (Å²) in [4.78, 5) is 19.7. The van der Waals surface area contributed by atoms with Gasteiger partial charge in [-0.3, -0.25) is 9.59 Å². The van der Waals surface area contributed by atoms with Gasteiger partial charge in [0.1, 0.15) is 6.04 Å². The third-order valence-corrected chi connectivity index (χ3v) is 1.75. The van der Waals surface area contributed by atoms with E-state index in [-0.39, 0.29) is 0 Å². The molecule has 0 aliphatic carbocycles. The van der Waals surface area contributed by atoms with E-state index in [1.165, 1.54) is 0 Å². The van der Waals surface area contributed by atoms with Crippen molar-refractivity contribution in [3.63, 3.8) is 0 Å². The molecule has 6 nitrogen and oxygen atoms in total. The van der Waals surface area contributed by atoms with Gasteiger partial charge in [-0.2, -0.15) is 0 Å². The smallest absolute Gasteiger partial charge is 0.320 e. The fourth-order valence-electron chi connectivity index (χ4n) is 0.846. The molecule has 16 heavy (non-hydrogen) atoms. The first-order valence-corrected chi connectivity index (χ1v) is 5.35. The van der Waals surface area contributed by atoms with E-state index in [2.05, 4.69) is 0 Å². The molecule has 0 aromatic carbocycles. The van der Waals surface area contributed by atoms with Crippen molar-refractivity contribution in [3.05, 3.63) is 0 Å². The van der Waals surface area contributed by atoms with E-state index in [0.717, 1.165) is 19.3 Å². The minimum absolute atomic E-state index is 0.292. The average Bonchev–Trinajstić information content (AvgIpc) is 2.18. The molecule has 0 aliphatic heterocycles. The second-order valence-corrected chi connectivity index (χ2v) is 3.37. The van der Waals surface area contributed by atoms with Gasteiger partial charge in [-0.25, -0.2) is 0 Å². The predicted octanol–water partition coefficient (Wildman–Crippen LogP) is 0.398. The van der Waals surface area contributed by atoms with Crippen LogP contribution in [-0.4, -0.2) is 34.7 Å². The van der Waals surface area contributed by atoms with Crippen LogP contribution in [0, 0.1) is 0 Å². The van der Waals surface area contributed by atoms with Crippen LogP contribution in [-0.2, 0) is 9.59 Å². The monoisotopic (exact) mass is 234 g/mol. The van der Waals surface area contributed by atoms with E-state index in [0.29, 0.717) is 19.4 Å². The molecule has 1 atom stereocenters. The van der Waals surface area contributed by atoms with Crippen LogP contribution in [0.25, 0.3) is 0 Å². The minimum Gasteiger partial charge on any atom is -0.481 e. The number of aliphatic carboxylic acids is 2. The summed E-state index contributed by atoms with van der Waals surface area (Å²) in [6, 6.07) is -0.716. The SMILES string of the molecule is CCCC(=O)O.NCCCCC(N)C(=O)O. The van der Waals surface area contributed by atoms with Crippen molar-refractivity contribution in [1.82, 2.24) is 0 Å². The summed E-state index contributed by atoms with van der Waals surface area (Å²) >= 11 is 0. The molecule has 6 heteroatoms.